The summed E-state index contributed by atoms with van der Waals surface area (Å²) in [5.74, 6) is 0. The van der Waals surface area contributed by atoms with Crippen molar-refractivity contribution in [2.24, 2.45) is 7.05 Å². The van der Waals surface area contributed by atoms with Crippen LogP contribution in [0.5, 0.6) is 0 Å². The van der Waals surface area contributed by atoms with Gasteiger partial charge in [0.25, 0.3) is 0 Å². The Morgan fingerprint density at radius 1 is 0.719 bits per heavy atom. The number of hydrogen-bond acceptors (Lipinski definition) is 1. The maximum Gasteiger partial charge on any atom is 0.243 e. The highest BCUT2D eigenvalue weighted by atomic mass is 15.3. The molecule has 32 heavy (non-hydrogen) atoms. The van der Waals surface area contributed by atoms with Crippen molar-refractivity contribution in [3.63, 3.8) is 0 Å². The van der Waals surface area contributed by atoms with Crippen LogP contribution in [0.15, 0.2) is 42.5 Å². The number of fused-ring (bicyclic) bond motifs is 7. The molecule has 1 aromatic heterocycles. The molecule has 0 spiro atoms. The summed E-state index contributed by atoms with van der Waals surface area (Å²) in [7, 11) is 2.10. The molecule has 0 aliphatic heterocycles. The van der Waals surface area contributed by atoms with Gasteiger partial charge in [0.2, 0.25) is 5.69 Å². The highest BCUT2D eigenvalue weighted by Gasteiger charge is 2.35. The fourth-order valence-corrected chi connectivity index (χ4v) is 6.20. The van der Waals surface area contributed by atoms with Gasteiger partial charge in [-0.2, -0.15) is 0 Å². The molecule has 158 valence electrons. The highest BCUT2D eigenvalue weighted by molar-refractivity contribution is 5.90. The number of benzene rings is 3. The smallest absolute Gasteiger partial charge is 0.0859 e. The number of hydrogen-bond donors (Lipinski definition) is 0. The van der Waals surface area contributed by atoms with E-state index in [-0.39, 0.29) is 0 Å². The van der Waals surface area contributed by atoms with Crippen LogP contribution in [0.4, 0.5) is 0 Å². The lowest BCUT2D eigenvalue weighted by atomic mass is 9.93. The van der Waals surface area contributed by atoms with Gasteiger partial charge in [0.15, 0.2) is 7.05 Å². The van der Waals surface area contributed by atoms with E-state index in [1.54, 1.807) is 0 Å². The molecule has 0 fully saturated rings. The summed E-state index contributed by atoms with van der Waals surface area (Å²) in [6, 6.07) is 16.1. The third kappa shape index (κ3) is 2.53. The Morgan fingerprint density at radius 3 is 2.22 bits per heavy atom. The second-order valence-corrected chi connectivity index (χ2v) is 9.75. The Hall–Kier alpha value is -3.26. The van der Waals surface area contributed by atoms with Gasteiger partial charge in [-0.05, 0) is 102 Å². The van der Waals surface area contributed by atoms with E-state index >= 15 is 0 Å². The molecule has 6 rings (SSSR count). The molecule has 0 atom stereocenters. The molecular weight excluding hydrogens is 388 g/mol. The second kappa shape index (κ2) is 6.62. The zero-order chi connectivity index (χ0) is 22.3. The molecule has 0 saturated heterocycles. The normalized spacial score (nSPS) is 13.1. The minimum absolute atomic E-state index is 0.986. The van der Waals surface area contributed by atoms with E-state index in [9.17, 15) is 0 Å². The first-order valence-corrected chi connectivity index (χ1v) is 11.6. The lowest BCUT2D eigenvalue weighted by molar-refractivity contribution is -0.721. The highest BCUT2D eigenvalue weighted by Crippen LogP contribution is 2.49. The van der Waals surface area contributed by atoms with Crippen LogP contribution in [-0.4, -0.2) is 5.10 Å². The van der Waals surface area contributed by atoms with Crippen LogP contribution in [-0.2, 0) is 19.9 Å². The van der Waals surface area contributed by atoms with Crippen molar-refractivity contribution in [1.82, 2.24) is 5.10 Å². The monoisotopic (exact) mass is 417 g/mol. The number of aromatic nitrogens is 2. The molecule has 2 nitrogen and oxygen atoms in total. The summed E-state index contributed by atoms with van der Waals surface area (Å²) < 4.78 is 2.11. The summed E-state index contributed by atoms with van der Waals surface area (Å²) in [5.41, 5.74) is 20.6. The molecule has 1 heterocycles. The van der Waals surface area contributed by atoms with E-state index in [1.165, 1.54) is 78.0 Å². The number of nitrogens with zero attached hydrogens (tertiary/aromatic N) is 2. The Bertz CT molecular complexity index is 1470. The van der Waals surface area contributed by atoms with Crippen molar-refractivity contribution in [3.8, 4) is 33.5 Å². The summed E-state index contributed by atoms with van der Waals surface area (Å²) in [5, 5.41) is 4.98. The van der Waals surface area contributed by atoms with Crippen molar-refractivity contribution in [2.45, 2.75) is 47.5 Å². The maximum atomic E-state index is 4.98. The lowest BCUT2D eigenvalue weighted by Crippen LogP contribution is -2.38. The van der Waals surface area contributed by atoms with Crippen molar-refractivity contribution < 1.29 is 4.68 Å². The zero-order valence-corrected chi connectivity index (χ0v) is 19.9. The molecule has 2 heteroatoms. The van der Waals surface area contributed by atoms with Crippen LogP contribution < -0.4 is 4.68 Å². The fraction of sp³-hybridized carbons (Fsp3) is 0.267. The van der Waals surface area contributed by atoms with Crippen LogP contribution in [0.2, 0.25) is 0 Å². The van der Waals surface area contributed by atoms with Gasteiger partial charge >= 0.3 is 0 Å². The molecule has 0 bridgehead atoms. The van der Waals surface area contributed by atoms with Gasteiger partial charge in [-0.3, -0.25) is 0 Å². The van der Waals surface area contributed by atoms with Crippen LogP contribution in [0, 0.1) is 34.6 Å². The van der Waals surface area contributed by atoms with Crippen molar-refractivity contribution in [2.75, 3.05) is 0 Å². The van der Waals surface area contributed by atoms with Crippen molar-refractivity contribution in [3.05, 3.63) is 92.7 Å². The van der Waals surface area contributed by atoms with E-state index in [4.69, 9.17) is 5.10 Å². The third-order valence-electron chi connectivity index (χ3n) is 7.69. The fourth-order valence-electron chi connectivity index (χ4n) is 6.20. The minimum Gasteiger partial charge on any atom is -0.0859 e. The van der Waals surface area contributed by atoms with Crippen LogP contribution in [0.1, 0.15) is 50.2 Å². The predicted molar refractivity (Wildman–Crippen MR) is 131 cm³/mol. The van der Waals surface area contributed by atoms with Gasteiger partial charge in [-0.15, -0.1) is 0 Å². The molecule has 0 amide bonds. The van der Waals surface area contributed by atoms with E-state index in [0.717, 1.165) is 18.5 Å². The quantitative estimate of drug-likeness (QED) is 0.289. The Morgan fingerprint density at radius 2 is 1.44 bits per heavy atom. The first-order chi connectivity index (χ1) is 15.3. The molecule has 0 N–H and O–H groups in total. The average molecular weight is 418 g/mol. The van der Waals surface area contributed by atoms with Crippen LogP contribution in [0.25, 0.3) is 33.5 Å². The Balaban J connectivity index is 1.61. The maximum absolute atomic E-state index is 4.98. The summed E-state index contributed by atoms with van der Waals surface area (Å²) in [6.45, 7) is 11.1. The zero-order valence-electron chi connectivity index (χ0n) is 19.9. The molecule has 0 radical (unpaired) electrons. The third-order valence-corrected chi connectivity index (χ3v) is 7.69. The topological polar surface area (TPSA) is 16.8 Å². The summed E-state index contributed by atoms with van der Waals surface area (Å²) >= 11 is 0. The standard InChI is InChI=1S/C30H29N2/c1-16-12-18(3)19(4)24(13-16)30-27-15-26-23(29(27)20(5)31-32(30)6)11-10-22-25(26)14-21-9-7-8-17(2)28(21)22/h7-13H,14-15H2,1-6H3/q+1. The first kappa shape index (κ1) is 19.4. The average Bonchev–Trinajstić information content (AvgIpc) is 3.30. The molecule has 4 aromatic rings. The van der Waals surface area contributed by atoms with Gasteiger partial charge in [0.1, 0.15) is 5.69 Å². The Kier molecular flexibility index (Phi) is 4.02. The lowest BCUT2D eigenvalue weighted by Gasteiger charge is -2.12. The van der Waals surface area contributed by atoms with Crippen LogP contribution in [0.3, 0.4) is 0 Å². The summed E-state index contributed by atoms with van der Waals surface area (Å²) in [6.07, 6.45) is 2.03. The van der Waals surface area contributed by atoms with Gasteiger partial charge in [-0.25, -0.2) is 0 Å². The van der Waals surface area contributed by atoms with E-state index < -0.39 is 0 Å². The Labute approximate surface area is 190 Å². The van der Waals surface area contributed by atoms with E-state index in [0.29, 0.717) is 0 Å². The molecule has 0 saturated carbocycles. The molecule has 2 aliphatic rings. The molecule has 0 unspecified atom stereocenters. The largest absolute Gasteiger partial charge is 0.243 e. The molecule has 3 aromatic carbocycles. The first-order valence-electron chi connectivity index (χ1n) is 11.6. The van der Waals surface area contributed by atoms with Crippen molar-refractivity contribution in [1.29, 1.82) is 0 Å². The summed E-state index contributed by atoms with van der Waals surface area (Å²) in [4.78, 5) is 0. The van der Waals surface area contributed by atoms with E-state index in [2.05, 4.69) is 88.8 Å². The molecular formula is C30H29N2+. The van der Waals surface area contributed by atoms with Gasteiger partial charge in [-0.1, -0.05) is 46.6 Å². The van der Waals surface area contributed by atoms with Gasteiger partial charge in [0, 0.05) is 17.5 Å². The minimum atomic E-state index is 0.986. The second-order valence-electron chi connectivity index (χ2n) is 9.75. The van der Waals surface area contributed by atoms with Gasteiger partial charge < -0.3 is 0 Å². The van der Waals surface area contributed by atoms with E-state index in [1.807, 2.05) is 0 Å². The SMILES string of the molecule is Cc1cc(C)c(C)c(-c2c3c(c(C)n[n+]2C)-c2ccc4c(c2C3)Cc2cccc(C)c2-4)c1. The van der Waals surface area contributed by atoms with Crippen molar-refractivity contribution >= 4 is 0 Å². The molecule has 2 aliphatic carbocycles. The number of aryl methyl sites for hydroxylation is 5. The number of rotatable bonds is 1. The van der Waals surface area contributed by atoms with Gasteiger partial charge in [0.05, 0.1) is 5.56 Å². The predicted octanol–water partition coefficient (Wildman–Crippen LogP) is 6.26. The van der Waals surface area contributed by atoms with Crippen LogP contribution >= 0.6 is 0 Å².